The quantitative estimate of drug-likeness (QED) is 0.866. The summed E-state index contributed by atoms with van der Waals surface area (Å²) < 4.78 is 0. The van der Waals surface area contributed by atoms with Crippen molar-refractivity contribution in [3.8, 4) is 0 Å². The van der Waals surface area contributed by atoms with Gasteiger partial charge in [-0.2, -0.15) is 0 Å². The van der Waals surface area contributed by atoms with Crippen molar-refractivity contribution < 1.29 is 4.79 Å². The second-order valence-corrected chi connectivity index (χ2v) is 4.10. The summed E-state index contributed by atoms with van der Waals surface area (Å²) in [5.41, 5.74) is 8.14. The largest absolute Gasteiger partial charge is 0.324 e. The van der Waals surface area contributed by atoms with E-state index in [0.29, 0.717) is 5.56 Å². The van der Waals surface area contributed by atoms with Crippen LogP contribution in [0.15, 0.2) is 48.8 Å². The SMILES string of the molecule is C[C@@H](N)c1ccc(NC(=O)c2ccncc2)cc1. The Kier molecular flexibility index (Phi) is 3.69. The van der Waals surface area contributed by atoms with Crippen LogP contribution in [0.5, 0.6) is 0 Å². The van der Waals surface area contributed by atoms with Crippen molar-refractivity contribution in [2.24, 2.45) is 5.73 Å². The molecular weight excluding hydrogens is 226 g/mol. The third-order valence-corrected chi connectivity index (χ3v) is 2.64. The molecule has 2 rings (SSSR count). The van der Waals surface area contributed by atoms with Gasteiger partial charge in [-0.15, -0.1) is 0 Å². The van der Waals surface area contributed by atoms with Gasteiger partial charge in [0, 0.05) is 29.7 Å². The molecule has 1 aromatic heterocycles. The van der Waals surface area contributed by atoms with E-state index in [9.17, 15) is 4.79 Å². The Balaban J connectivity index is 2.08. The molecule has 0 saturated heterocycles. The summed E-state index contributed by atoms with van der Waals surface area (Å²) in [4.78, 5) is 15.7. The predicted octanol–water partition coefficient (Wildman–Crippen LogP) is 2.35. The minimum Gasteiger partial charge on any atom is -0.324 e. The number of amides is 1. The normalized spacial score (nSPS) is 11.9. The number of carbonyl (C=O) groups excluding carboxylic acids is 1. The summed E-state index contributed by atoms with van der Waals surface area (Å²) in [7, 11) is 0. The Morgan fingerprint density at radius 3 is 2.33 bits per heavy atom. The average molecular weight is 241 g/mol. The number of nitrogens with two attached hydrogens (primary N) is 1. The van der Waals surface area contributed by atoms with Crippen LogP contribution in [0.25, 0.3) is 0 Å². The number of pyridine rings is 1. The summed E-state index contributed by atoms with van der Waals surface area (Å²) in [5, 5.41) is 2.82. The Hall–Kier alpha value is -2.20. The first-order valence-corrected chi connectivity index (χ1v) is 5.74. The minimum absolute atomic E-state index is 0.00468. The highest BCUT2D eigenvalue weighted by Crippen LogP contribution is 2.14. The number of aromatic nitrogens is 1. The molecule has 92 valence electrons. The fourth-order valence-corrected chi connectivity index (χ4v) is 1.58. The molecule has 0 aliphatic rings. The lowest BCUT2D eigenvalue weighted by molar-refractivity contribution is 0.102. The third-order valence-electron chi connectivity index (χ3n) is 2.64. The molecule has 2 aromatic rings. The van der Waals surface area contributed by atoms with Gasteiger partial charge in [0.25, 0.3) is 5.91 Å². The number of hydrogen-bond acceptors (Lipinski definition) is 3. The molecule has 0 fully saturated rings. The highest BCUT2D eigenvalue weighted by atomic mass is 16.1. The van der Waals surface area contributed by atoms with Gasteiger partial charge in [0.05, 0.1) is 0 Å². The Morgan fingerprint density at radius 2 is 1.78 bits per heavy atom. The van der Waals surface area contributed by atoms with E-state index in [0.717, 1.165) is 11.3 Å². The minimum atomic E-state index is -0.147. The molecule has 1 aromatic carbocycles. The van der Waals surface area contributed by atoms with Crippen LogP contribution in [0.4, 0.5) is 5.69 Å². The lowest BCUT2D eigenvalue weighted by Gasteiger charge is -2.08. The smallest absolute Gasteiger partial charge is 0.255 e. The second kappa shape index (κ2) is 5.42. The lowest BCUT2D eigenvalue weighted by Crippen LogP contribution is -2.12. The molecule has 18 heavy (non-hydrogen) atoms. The van der Waals surface area contributed by atoms with E-state index in [1.54, 1.807) is 24.5 Å². The van der Waals surface area contributed by atoms with Crippen LogP contribution in [-0.2, 0) is 0 Å². The van der Waals surface area contributed by atoms with Crippen LogP contribution >= 0.6 is 0 Å². The van der Waals surface area contributed by atoms with Gasteiger partial charge >= 0.3 is 0 Å². The summed E-state index contributed by atoms with van der Waals surface area (Å²) in [6, 6.07) is 10.8. The molecule has 4 heteroatoms. The van der Waals surface area contributed by atoms with Crippen LogP contribution in [0.3, 0.4) is 0 Å². The molecule has 1 amide bonds. The zero-order valence-electron chi connectivity index (χ0n) is 10.1. The molecule has 3 N–H and O–H groups in total. The van der Waals surface area contributed by atoms with Crippen molar-refractivity contribution in [1.82, 2.24) is 4.98 Å². The molecule has 4 nitrogen and oxygen atoms in total. The number of hydrogen-bond donors (Lipinski definition) is 2. The second-order valence-electron chi connectivity index (χ2n) is 4.10. The molecule has 0 radical (unpaired) electrons. The van der Waals surface area contributed by atoms with Crippen LogP contribution in [0, 0.1) is 0 Å². The highest BCUT2D eigenvalue weighted by Gasteiger charge is 2.05. The number of rotatable bonds is 3. The first-order chi connectivity index (χ1) is 8.66. The molecule has 0 aliphatic heterocycles. The van der Waals surface area contributed by atoms with E-state index in [4.69, 9.17) is 5.73 Å². The van der Waals surface area contributed by atoms with Crippen molar-refractivity contribution in [3.05, 3.63) is 59.9 Å². The molecule has 0 bridgehead atoms. The van der Waals surface area contributed by atoms with E-state index < -0.39 is 0 Å². The van der Waals surface area contributed by atoms with Crippen molar-refractivity contribution >= 4 is 11.6 Å². The van der Waals surface area contributed by atoms with Crippen LogP contribution in [0.2, 0.25) is 0 Å². The number of nitrogens with zero attached hydrogens (tertiary/aromatic N) is 1. The maximum absolute atomic E-state index is 11.9. The van der Waals surface area contributed by atoms with Crippen molar-refractivity contribution in [2.45, 2.75) is 13.0 Å². The van der Waals surface area contributed by atoms with Crippen LogP contribution < -0.4 is 11.1 Å². The van der Waals surface area contributed by atoms with E-state index in [1.807, 2.05) is 31.2 Å². The average Bonchev–Trinajstić information content (AvgIpc) is 2.40. The topological polar surface area (TPSA) is 68.0 Å². The standard InChI is InChI=1S/C14H15N3O/c1-10(15)11-2-4-13(5-3-11)17-14(18)12-6-8-16-9-7-12/h2-10H,15H2,1H3,(H,17,18)/t10-/m1/s1. The van der Waals surface area contributed by atoms with Crippen LogP contribution in [-0.4, -0.2) is 10.9 Å². The highest BCUT2D eigenvalue weighted by molar-refractivity contribution is 6.04. The summed E-state index contributed by atoms with van der Waals surface area (Å²) >= 11 is 0. The van der Waals surface area contributed by atoms with Crippen molar-refractivity contribution in [3.63, 3.8) is 0 Å². The van der Waals surface area contributed by atoms with Gasteiger partial charge < -0.3 is 11.1 Å². The molecule has 0 aliphatic carbocycles. The van der Waals surface area contributed by atoms with Gasteiger partial charge in [0.2, 0.25) is 0 Å². The zero-order chi connectivity index (χ0) is 13.0. The predicted molar refractivity (Wildman–Crippen MR) is 71.2 cm³/mol. The zero-order valence-corrected chi connectivity index (χ0v) is 10.1. The number of anilines is 1. The van der Waals surface area contributed by atoms with Crippen molar-refractivity contribution in [1.29, 1.82) is 0 Å². The fraction of sp³-hybridized carbons (Fsp3) is 0.143. The first-order valence-electron chi connectivity index (χ1n) is 5.74. The molecule has 0 saturated carbocycles. The van der Waals surface area contributed by atoms with Crippen molar-refractivity contribution in [2.75, 3.05) is 5.32 Å². The van der Waals surface area contributed by atoms with Gasteiger partial charge in [-0.3, -0.25) is 9.78 Å². The molecule has 0 unspecified atom stereocenters. The van der Waals surface area contributed by atoms with Gasteiger partial charge in [0.15, 0.2) is 0 Å². The van der Waals surface area contributed by atoms with E-state index in [1.165, 1.54) is 0 Å². The molecule has 1 atom stereocenters. The maximum atomic E-state index is 11.9. The monoisotopic (exact) mass is 241 g/mol. The van der Waals surface area contributed by atoms with Gasteiger partial charge in [-0.05, 0) is 36.8 Å². The molecule has 0 spiro atoms. The molecular formula is C14H15N3O. The van der Waals surface area contributed by atoms with Gasteiger partial charge in [-0.25, -0.2) is 0 Å². The van der Waals surface area contributed by atoms with Crippen LogP contribution in [0.1, 0.15) is 28.9 Å². The van der Waals surface area contributed by atoms with Gasteiger partial charge in [-0.1, -0.05) is 12.1 Å². The van der Waals surface area contributed by atoms with E-state index in [-0.39, 0.29) is 11.9 Å². The summed E-state index contributed by atoms with van der Waals surface area (Å²) in [6.45, 7) is 1.92. The maximum Gasteiger partial charge on any atom is 0.255 e. The van der Waals surface area contributed by atoms with Gasteiger partial charge in [0.1, 0.15) is 0 Å². The number of carbonyl (C=O) groups is 1. The number of benzene rings is 1. The third kappa shape index (κ3) is 2.93. The van der Waals surface area contributed by atoms with E-state index >= 15 is 0 Å². The Morgan fingerprint density at radius 1 is 1.17 bits per heavy atom. The summed E-state index contributed by atoms with van der Waals surface area (Å²) in [5.74, 6) is -0.147. The Labute approximate surface area is 106 Å². The lowest BCUT2D eigenvalue weighted by atomic mass is 10.1. The number of nitrogens with one attached hydrogen (secondary N) is 1. The van der Waals surface area contributed by atoms with E-state index in [2.05, 4.69) is 10.3 Å². The first kappa shape index (κ1) is 12.3. The molecule has 1 heterocycles. The Bertz CT molecular complexity index is 520. The fourth-order valence-electron chi connectivity index (χ4n) is 1.58. The summed E-state index contributed by atoms with van der Waals surface area (Å²) in [6.07, 6.45) is 3.18.